The van der Waals surface area contributed by atoms with Crippen molar-refractivity contribution in [1.82, 2.24) is 20.2 Å². The first kappa shape index (κ1) is 19.2. The van der Waals surface area contributed by atoms with Crippen LogP contribution in [0.4, 0.5) is 11.4 Å². The van der Waals surface area contributed by atoms with Gasteiger partial charge in [-0.05, 0) is 41.6 Å². The Hall–Kier alpha value is -3.62. The number of hydrogen-bond donors (Lipinski definition) is 1. The number of carbonyl (C=O) groups excluding carboxylic acids is 1. The lowest BCUT2D eigenvalue weighted by Gasteiger charge is -2.11. The molecule has 0 fully saturated rings. The maximum absolute atomic E-state index is 12.4. The normalized spacial score (nSPS) is 10.4. The van der Waals surface area contributed by atoms with Gasteiger partial charge < -0.3 is 19.7 Å². The first-order chi connectivity index (χ1) is 13.5. The molecule has 0 saturated heterocycles. The highest BCUT2D eigenvalue weighted by molar-refractivity contribution is 5.92. The summed E-state index contributed by atoms with van der Waals surface area (Å²) in [6.07, 6.45) is 0. The number of tetrazole rings is 1. The number of rotatable bonds is 7. The maximum Gasteiger partial charge on any atom is 0.248 e. The molecule has 0 unspecified atom stereocenters. The molecule has 1 N–H and O–H groups in total. The van der Waals surface area contributed by atoms with Crippen LogP contribution in [0.2, 0.25) is 0 Å². The van der Waals surface area contributed by atoms with Gasteiger partial charge in [0.25, 0.3) is 0 Å². The Morgan fingerprint density at radius 2 is 1.86 bits per heavy atom. The average molecular weight is 382 g/mol. The Bertz CT molecular complexity index is 953. The van der Waals surface area contributed by atoms with E-state index in [0.717, 1.165) is 11.3 Å². The fourth-order valence-corrected chi connectivity index (χ4v) is 2.56. The molecule has 146 valence electrons. The smallest absolute Gasteiger partial charge is 0.248 e. The van der Waals surface area contributed by atoms with Crippen LogP contribution < -0.4 is 19.7 Å². The number of methoxy groups -OCH3 is 2. The van der Waals surface area contributed by atoms with E-state index in [1.54, 1.807) is 25.3 Å². The summed E-state index contributed by atoms with van der Waals surface area (Å²) < 4.78 is 10.4. The highest BCUT2D eigenvalue weighted by Gasteiger charge is 2.12. The minimum atomic E-state index is -0.307. The molecule has 0 aliphatic carbocycles. The molecule has 9 heteroatoms. The molecule has 1 aromatic heterocycles. The minimum Gasteiger partial charge on any atom is -0.497 e. The quantitative estimate of drug-likeness (QED) is 0.668. The lowest BCUT2D eigenvalue weighted by molar-refractivity contribution is -0.117. The predicted molar refractivity (Wildman–Crippen MR) is 106 cm³/mol. The number of carbonyl (C=O) groups is 1. The van der Waals surface area contributed by atoms with E-state index in [1.165, 1.54) is 11.9 Å². The molecule has 2 aromatic carbocycles. The molecule has 0 radical (unpaired) electrons. The summed E-state index contributed by atoms with van der Waals surface area (Å²) in [4.78, 5) is 15.6. The highest BCUT2D eigenvalue weighted by atomic mass is 16.5. The zero-order valence-electron chi connectivity index (χ0n) is 16.2. The largest absolute Gasteiger partial charge is 0.497 e. The summed E-state index contributed by atoms with van der Waals surface area (Å²) >= 11 is 0. The second-order valence-corrected chi connectivity index (χ2v) is 6.20. The van der Waals surface area contributed by atoms with E-state index in [1.807, 2.05) is 43.3 Å². The third kappa shape index (κ3) is 4.37. The molecule has 28 heavy (non-hydrogen) atoms. The molecule has 1 amide bonds. The van der Waals surface area contributed by atoms with Gasteiger partial charge in [-0.2, -0.15) is 4.80 Å². The number of nitrogens with one attached hydrogen (secondary N) is 1. The number of anilines is 2. The third-order valence-corrected chi connectivity index (χ3v) is 4.06. The van der Waals surface area contributed by atoms with Crippen LogP contribution in [-0.2, 0) is 11.3 Å². The second kappa shape index (κ2) is 8.38. The number of benzene rings is 2. The number of amides is 1. The first-order valence-electron chi connectivity index (χ1n) is 8.57. The van der Waals surface area contributed by atoms with Crippen molar-refractivity contribution in [1.29, 1.82) is 0 Å². The average Bonchev–Trinajstić information content (AvgIpc) is 3.16. The summed E-state index contributed by atoms with van der Waals surface area (Å²) in [5, 5.41) is 15.0. The molecular formula is C19H22N6O3. The summed E-state index contributed by atoms with van der Waals surface area (Å²) in [6, 6.07) is 12.9. The molecule has 0 bridgehead atoms. The topological polar surface area (TPSA) is 94.4 Å². The standard InChI is InChI=1S/C19H22N6O3/c1-24(2)14-7-5-13(6-8-14)19-21-23-25(22-19)12-18(26)20-16-11-15(27-3)9-10-17(16)28-4/h5-11H,12H2,1-4H3,(H,20,26). The number of nitrogens with zero attached hydrogens (tertiary/aromatic N) is 5. The first-order valence-corrected chi connectivity index (χ1v) is 8.57. The van der Waals surface area contributed by atoms with E-state index in [2.05, 4.69) is 20.7 Å². The van der Waals surface area contributed by atoms with Crippen LogP contribution in [0.15, 0.2) is 42.5 Å². The monoisotopic (exact) mass is 382 g/mol. The number of ether oxygens (including phenoxy) is 2. The molecule has 0 aliphatic rings. The lowest BCUT2D eigenvalue weighted by Crippen LogP contribution is -2.20. The summed E-state index contributed by atoms with van der Waals surface area (Å²) in [5.74, 6) is 1.29. The van der Waals surface area contributed by atoms with Crippen molar-refractivity contribution in [2.24, 2.45) is 0 Å². The number of hydrogen-bond acceptors (Lipinski definition) is 7. The van der Waals surface area contributed by atoms with Crippen LogP contribution in [0, 0.1) is 0 Å². The van der Waals surface area contributed by atoms with Crippen LogP contribution in [0.5, 0.6) is 11.5 Å². The van der Waals surface area contributed by atoms with Gasteiger partial charge in [0, 0.05) is 31.4 Å². The molecule has 1 heterocycles. The molecule has 0 saturated carbocycles. The van der Waals surface area contributed by atoms with Gasteiger partial charge in [-0.25, -0.2) is 0 Å². The fraction of sp³-hybridized carbons (Fsp3) is 0.263. The molecule has 0 aliphatic heterocycles. The molecule has 9 nitrogen and oxygen atoms in total. The van der Waals surface area contributed by atoms with Gasteiger partial charge >= 0.3 is 0 Å². The Kier molecular flexibility index (Phi) is 5.73. The van der Waals surface area contributed by atoms with E-state index >= 15 is 0 Å². The van der Waals surface area contributed by atoms with Gasteiger partial charge in [-0.1, -0.05) is 0 Å². The fourth-order valence-electron chi connectivity index (χ4n) is 2.56. The lowest BCUT2D eigenvalue weighted by atomic mass is 10.2. The Morgan fingerprint density at radius 3 is 2.50 bits per heavy atom. The Labute approximate surface area is 162 Å². The number of aromatic nitrogens is 4. The van der Waals surface area contributed by atoms with Crippen LogP contribution >= 0.6 is 0 Å². The van der Waals surface area contributed by atoms with Crippen LogP contribution in [-0.4, -0.2) is 54.4 Å². The van der Waals surface area contributed by atoms with E-state index in [9.17, 15) is 4.79 Å². The molecule has 3 rings (SSSR count). The molecule has 0 spiro atoms. The van der Waals surface area contributed by atoms with Gasteiger partial charge in [0.05, 0.1) is 19.9 Å². The maximum atomic E-state index is 12.4. The molecule has 3 aromatic rings. The highest BCUT2D eigenvalue weighted by Crippen LogP contribution is 2.28. The van der Waals surface area contributed by atoms with Crippen molar-refractivity contribution in [3.63, 3.8) is 0 Å². The second-order valence-electron chi connectivity index (χ2n) is 6.20. The minimum absolute atomic E-state index is 0.0802. The van der Waals surface area contributed by atoms with Crippen molar-refractivity contribution in [2.75, 3.05) is 38.5 Å². The van der Waals surface area contributed by atoms with Gasteiger partial charge in [0.1, 0.15) is 18.0 Å². The predicted octanol–water partition coefficient (Wildman–Crippen LogP) is 2.06. The summed E-state index contributed by atoms with van der Waals surface area (Å²) in [5.41, 5.74) is 2.40. The van der Waals surface area contributed by atoms with Crippen molar-refractivity contribution < 1.29 is 14.3 Å². The zero-order chi connectivity index (χ0) is 20.1. The van der Waals surface area contributed by atoms with Crippen molar-refractivity contribution in [3.8, 4) is 22.9 Å². The third-order valence-electron chi connectivity index (χ3n) is 4.06. The van der Waals surface area contributed by atoms with Gasteiger partial charge in [-0.15, -0.1) is 10.2 Å². The van der Waals surface area contributed by atoms with E-state index in [-0.39, 0.29) is 12.5 Å². The summed E-state index contributed by atoms with van der Waals surface area (Å²) in [6.45, 7) is -0.0802. The Balaban J connectivity index is 1.69. The van der Waals surface area contributed by atoms with Crippen LogP contribution in [0.1, 0.15) is 0 Å². The molecular weight excluding hydrogens is 360 g/mol. The SMILES string of the molecule is COc1ccc(OC)c(NC(=O)Cn2nnc(-c3ccc(N(C)C)cc3)n2)c1. The van der Waals surface area contributed by atoms with Gasteiger partial charge in [-0.3, -0.25) is 4.79 Å². The van der Waals surface area contributed by atoms with E-state index in [4.69, 9.17) is 9.47 Å². The van der Waals surface area contributed by atoms with Crippen molar-refractivity contribution in [3.05, 3.63) is 42.5 Å². The zero-order valence-corrected chi connectivity index (χ0v) is 16.2. The van der Waals surface area contributed by atoms with Crippen LogP contribution in [0.3, 0.4) is 0 Å². The van der Waals surface area contributed by atoms with Gasteiger partial charge in [0.2, 0.25) is 11.7 Å². The van der Waals surface area contributed by atoms with Crippen molar-refractivity contribution >= 4 is 17.3 Å². The molecule has 0 atom stereocenters. The van der Waals surface area contributed by atoms with E-state index in [0.29, 0.717) is 23.0 Å². The van der Waals surface area contributed by atoms with Gasteiger partial charge in [0.15, 0.2) is 0 Å². The van der Waals surface area contributed by atoms with E-state index < -0.39 is 0 Å². The van der Waals surface area contributed by atoms with Crippen molar-refractivity contribution in [2.45, 2.75) is 6.54 Å². The Morgan fingerprint density at radius 1 is 1.11 bits per heavy atom. The summed E-state index contributed by atoms with van der Waals surface area (Å²) in [7, 11) is 7.03. The van der Waals surface area contributed by atoms with Crippen LogP contribution in [0.25, 0.3) is 11.4 Å².